The Balaban J connectivity index is 2.50. The van der Waals surface area contributed by atoms with Crippen molar-refractivity contribution in [3.63, 3.8) is 0 Å². The Kier molecular flexibility index (Phi) is 3.67. The summed E-state index contributed by atoms with van der Waals surface area (Å²) in [5, 5.41) is 0. The number of primary amides is 1. The number of carbonyl (C=O) groups excluding carboxylic acids is 1. The standard InChI is InChI=1S/C14H8F5NO/c15-10-5-8(13(20)21)6-11(16)12(10)7-1-3-9(4-2-7)14(17,18)19/h1-6H,(H2,20,21). The van der Waals surface area contributed by atoms with Gasteiger partial charge in [0.2, 0.25) is 5.91 Å². The first-order valence-electron chi connectivity index (χ1n) is 5.66. The quantitative estimate of drug-likeness (QED) is 0.843. The van der Waals surface area contributed by atoms with Crippen LogP contribution in [0.15, 0.2) is 36.4 Å². The maximum absolute atomic E-state index is 13.8. The highest BCUT2D eigenvalue weighted by atomic mass is 19.4. The molecular weight excluding hydrogens is 293 g/mol. The number of hydrogen-bond acceptors (Lipinski definition) is 1. The lowest BCUT2D eigenvalue weighted by Crippen LogP contribution is -2.12. The Morgan fingerprint density at radius 3 is 1.81 bits per heavy atom. The molecule has 1 amide bonds. The van der Waals surface area contributed by atoms with E-state index in [1.807, 2.05) is 0 Å². The molecule has 2 aromatic rings. The van der Waals surface area contributed by atoms with Crippen LogP contribution >= 0.6 is 0 Å². The van der Waals surface area contributed by atoms with Crippen LogP contribution in [0.4, 0.5) is 22.0 Å². The van der Waals surface area contributed by atoms with Gasteiger partial charge in [-0.3, -0.25) is 4.79 Å². The Bertz CT molecular complexity index is 668. The summed E-state index contributed by atoms with van der Waals surface area (Å²) in [5.41, 5.74) is 3.03. The van der Waals surface area contributed by atoms with E-state index in [0.717, 1.165) is 36.4 Å². The predicted octanol–water partition coefficient (Wildman–Crippen LogP) is 3.75. The van der Waals surface area contributed by atoms with Crippen molar-refractivity contribution >= 4 is 5.91 Å². The van der Waals surface area contributed by atoms with Crippen molar-refractivity contribution in [1.82, 2.24) is 0 Å². The van der Waals surface area contributed by atoms with Gasteiger partial charge in [0.25, 0.3) is 0 Å². The van der Waals surface area contributed by atoms with Crippen LogP contribution in [-0.2, 0) is 6.18 Å². The lowest BCUT2D eigenvalue weighted by atomic mass is 10.0. The van der Waals surface area contributed by atoms with Crippen LogP contribution in [-0.4, -0.2) is 5.91 Å². The first-order chi connectivity index (χ1) is 9.70. The smallest absolute Gasteiger partial charge is 0.366 e. The van der Waals surface area contributed by atoms with Gasteiger partial charge in [0.05, 0.1) is 11.1 Å². The van der Waals surface area contributed by atoms with E-state index in [1.165, 1.54) is 0 Å². The normalized spacial score (nSPS) is 11.5. The third-order valence-corrected chi connectivity index (χ3v) is 2.83. The lowest BCUT2D eigenvalue weighted by Gasteiger charge is -2.10. The van der Waals surface area contributed by atoms with Crippen molar-refractivity contribution in [3.8, 4) is 11.1 Å². The highest BCUT2D eigenvalue weighted by Gasteiger charge is 2.30. The summed E-state index contributed by atoms with van der Waals surface area (Å²) in [4.78, 5) is 10.9. The summed E-state index contributed by atoms with van der Waals surface area (Å²) in [7, 11) is 0. The molecule has 2 aromatic carbocycles. The molecule has 0 fully saturated rings. The Morgan fingerprint density at radius 2 is 1.43 bits per heavy atom. The van der Waals surface area contributed by atoms with Crippen LogP contribution in [0.25, 0.3) is 11.1 Å². The van der Waals surface area contributed by atoms with Gasteiger partial charge in [-0.05, 0) is 29.8 Å². The van der Waals surface area contributed by atoms with E-state index in [2.05, 4.69) is 0 Å². The second kappa shape index (κ2) is 5.16. The van der Waals surface area contributed by atoms with Crippen LogP contribution < -0.4 is 5.73 Å². The number of rotatable bonds is 2. The Hall–Kier alpha value is -2.44. The molecule has 2 nitrogen and oxygen atoms in total. The van der Waals surface area contributed by atoms with Crippen molar-refractivity contribution in [2.45, 2.75) is 6.18 Å². The molecule has 2 N–H and O–H groups in total. The maximum Gasteiger partial charge on any atom is 0.416 e. The molecule has 0 bridgehead atoms. The van der Waals surface area contributed by atoms with Gasteiger partial charge < -0.3 is 5.73 Å². The molecule has 0 heterocycles. The molecule has 2 rings (SSSR count). The zero-order valence-electron chi connectivity index (χ0n) is 10.3. The first-order valence-corrected chi connectivity index (χ1v) is 5.66. The van der Waals surface area contributed by atoms with E-state index >= 15 is 0 Å². The fourth-order valence-corrected chi connectivity index (χ4v) is 1.82. The summed E-state index contributed by atoms with van der Waals surface area (Å²) >= 11 is 0. The first kappa shape index (κ1) is 15.0. The highest BCUT2D eigenvalue weighted by molar-refractivity contribution is 5.93. The average molecular weight is 301 g/mol. The lowest BCUT2D eigenvalue weighted by molar-refractivity contribution is -0.137. The fourth-order valence-electron chi connectivity index (χ4n) is 1.82. The van der Waals surface area contributed by atoms with Crippen molar-refractivity contribution in [1.29, 1.82) is 0 Å². The summed E-state index contributed by atoms with van der Waals surface area (Å²) in [6, 6.07) is 4.81. The molecule has 0 aliphatic carbocycles. The second-order valence-corrected chi connectivity index (χ2v) is 4.25. The van der Waals surface area contributed by atoms with Gasteiger partial charge >= 0.3 is 6.18 Å². The molecular formula is C14H8F5NO. The molecule has 0 radical (unpaired) electrons. The Morgan fingerprint density at radius 1 is 0.952 bits per heavy atom. The van der Waals surface area contributed by atoms with Gasteiger partial charge in [-0.2, -0.15) is 13.2 Å². The molecule has 0 saturated heterocycles. The maximum atomic E-state index is 13.8. The summed E-state index contributed by atoms with van der Waals surface area (Å²) in [5.74, 6) is -3.17. The molecule has 0 spiro atoms. The summed E-state index contributed by atoms with van der Waals surface area (Å²) < 4.78 is 64.9. The van der Waals surface area contributed by atoms with Gasteiger partial charge in [0.1, 0.15) is 11.6 Å². The van der Waals surface area contributed by atoms with E-state index in [0.29, 0.717) is 0 Å². The zero-order valence-corrected chi connectivity index (χ0v) is 10.3. The fraction of sp³-hybridized carbons (Fsp3) is 0.0714. The minimum absolute atomic E-state index is 0.0750. The van der Waals surface area contributed by atoms with Gasteiger partial charge in [-0.15, -0.1) is 0 Å². The minimum atomic E-state index is -4.54. The topological polar surface area (TPSA) is 43.1 Å². The predicted molar refractivity (Wildman–Crippen MR) is 65.3 cm³/mol. The van der Waals surface area contributed by atoms with Crippen LogP contribution in [0.1, 0.15) is 15.9 Å². The third kappa shape index (κ3) is 3.01. The van der Waals surface area contributed by atoms with Gasteiger partial charge in [0, 0.05) is 5.56 Å². The molecule has 0 aliphatic rings. The summed E-state index contributed by atoms with van der Waals surface area (Å²) in [6.45, 7) is 0. The van der Waals surface area contributed by atoms with E-state index in [9.17, 15) is 26.7 Å². The van der Waals surface area contributed by atoms with Crippen molar-refractivity contribution < 1.29 is 26.7 Å². The van der Waals surface area contributed by atoms with E-state index in [4.69, 9.17) is 5.73 Å². The molecule has 110 valence electrons. The van der Waals surface area contributed by atoms with Gasteiger partial charge in [0.15, 0.2) is 0 Å². The number of hydrogen-bond donors (Lipinski definition) is 1. The number of halogens is 5. The highest BCUT2D eigenvalue weighted by Crippen LogP contribution is 2.32. The molecule has 0 unspecified atom stereocenters. The van der Waals surface area contributed by atoms with Gasteiger partial charge in [-0.1, -0.05) is 12.1 Å². The van der Waals surface area contributed by atoms with Crippen molar-refractivity contribution in [3.05, 3.63) is 59.2 Å². The van der Waals surface area contributed by atoms with E-state index in [-0.39, 0.29) is 11.1 Å². The molecule has 7 heteroatoms. The van der Waals surface area contributed by atoms with E-state index in [1.54, 1.807) is 0 Å². The number of carbonyl (C=O) groups is 1. The molecule has 0 atom stereocenters. The SMILES string of the molecule is NC(=O)c1cc(F)c(-c2ccc(C(F)(F)F)cc2)c(F)c1. The van der Waals surface area contributed by atoms with E-state index < -0.39 is 34.8 Å². The summed E-state index contributed by atoms with van der Waals surface area (Å²) in [6.07, 6.45) is -4.54. The van der Waals surface area contributed by atoms with Crippen LogP contribution in [0, 0.1) is 11.6 Å². The number of nitrogens with two attached hydrogens (primary N) is 1. The molecule has 21 heavy (non-hydrogen) atoms. The zero-order chi connectivity index (χ0) is 15.8. The van der Waals surface area contributed by atoms with Crippen molar-refractivity contribution in [2.75, 3.05) is 0 Å². The van der Waals surface area contributed by atoms with Gasteiger partial charge in [-0.25, -0.2) is 8.78 Å². The van der Waals surface area contributed by atoms with Crippen molar-refractivity contribution in [2.24, 2.45) is 5.73 Å². The van der Waals surface area contributed by atoms with Crippen LogP contribution in [0.5, 0.6) is 0 Å². The van der Waals surface area contributed by atoms with Crippen LogP contribution in [0.2, 0.25) is 0 Å². The second-order valence-electron chi connectivity index (χ2n) is 4.25. The Labute approximate surface area is 116 Å². The molecule has 0 aromatic heterocycles. The minimum Gasteiger partial charge on any atom is -0.366 e. The molecule has 0 saturated carbocycles. The third-order valence-electron chi connectivity index (χ3n) is 2.83. The van der Waals surface area contributed by atoms with Crippen LogP contribution in [0.3, 0.4) is 0 Å². The number of alkyl halides is 3. The average Bonchev–Trinajstić information content (AvgIpc) is 2.37. The largest absolute Gasteiger partial charge is 0.416 e. The number of amides is 1. The molecule has 0 aliphatic heterocycles. The monoisotopic (exact) mass is 301 g/mol. The number of benzene rings is 2.